The molecule has 1 unspecified atom stereocenters. The maximum atomic E-state index is 12.9. The second-order valence-electron chi connectivity index (χ2n) is 6.29. The summed E-state index contributed by atoms with van der Waals surface area (Å²) in [6, 6.07) is 15.0. The first-order valence-corrected chi connectivity index (χ1v) is 8.67. The van der Waals surface area contributed by atoms with Crippen molar-refractivity contribution < 1.29 is 24.2 Å². The van der Waals surface area contributed by atoms with Crippen molar-refractivity contribution in [1.82, 2.24) is 4.90 Å². The van der Waals surface area contributed by atoms with E-state index in [9.17, 15) is 19.5 Å². The Morgan fingerprint density at radius 3 is 2.29 bits per heavy atom. The highest BCUT2D eigenvalue weighted by molar-refractivity contribution is 6.47. The molecule has 28 heavy (non-hydrogen) atoms. The van der Waals surface area contributed by atoms with Gasteiger partial charge in [0.2, 0.25) is 5.78 Å². The number of nitrogens with zero attached hydrogens (tertiary/aromatic N) is 1. The zero-order valence-electron chi connectivity index (χ0n) is 15.3. The summed E-state index contributed by atoms with van der Waals surface area (Å²) in [5, 5.41) is 9.24. The van der Waals surface area contributed by atoms with Crippen LogP contribution in [0.25, 0.3) is 5.57 Å². The summed E-state index contributed by atoms with van der Waals surface area (Å²) in [6.07, 6.45) is 0. The molecule has 1 heterocycles. The standard InChI is InChI=1S/C21H20N2O5/c1-28-15-9-7-13(8-10-15)16(11-22)18-19(14-5-3-2-4-6-14)23(12-17(24)25)21(27)20(18)26/h2-10,19H,11-12,22H2,1H3,(H,24,25). The number of Topliss-reactive ketones (excluding diaryl/α,β-unsaturated/α-hetero) is 1. The normalized spacial score (nSPS) is 18.4. The van der Waals surface area contributed by atoms with Gasteiger partial charge in [0.25, 0.3) is 5.91 Å². The fourth-order valence-electron chi connectivity index (χ4n) is 3.41. The number of carboxylic acid groups (broad SMARTS) is 1. The lowest BCUT2D eigenvalue weighted by Gasteiger charge is -2.24. The van der Waals surface area contributed by atoms with Crippen LogP contribution in [0.3, 0.4) is 0 Å². The van der Waals surface area contributed by atoms with Gasteiger partial charge in [0, 0.05) is 12.1 Å². The molecule has 7 nitrogen and oxygen atoms in total. The minimum atomic E-state index is -1.19. The highest BCUT2D eigenvalue weighted by Gasteiger charge is 2.46. The van der Waals surface area contributed by atoms with Crippen LogP contribution in [0.15, 0.2) is 60.2 Å². The van der Waals surface area contributed by atoms with Crippen LogP contribution in [0.4, 0.5) is 0 Å². The summed E-state index contributed by atoms with van der Waals surface area (Å²) < 4.78 is 5.16. The van der Waals surface area contributed by atoms with Crippen LogP contribution in [-0.4, -0.2) is 47.9 Å². The second-order valence-corrected chi connectivity index (χ2v) is 6.29. The zero-order valence-corrected chi connectivity index (χ0v) is 15.3. The highest BCUT2D eigenvalue weighted by Crippen LogP contribution is 2.39. The Morgan fingerprint density at radius 2 is 1.75 bits per heavy atom. The van der Waals surface area contributed by atoms with E-state index in [-0.39, 0.29) is 12.1 Å². The molecule has 0 aliphatic carbocycles. The maximum absolute atomic E-state index is 12.9. The van der Waals surface area contributed by atoms with Crippen molar-refractivity contribution in [1.29, 1.82) is 0 Å². The Morgan fingerprint density at radius 1 is 1.11 bits per heavy atom. The summed E-state index contributed by atoms with van der Waals surface area (Å²) in [5.41, 5.74) is 8.01. The van der Waals surface area contributed by atoms with E-state index in [1.165, 1.54) is 0 Å². The number of carbonyl (C=O) groups excluding carboxylic acids is 2. The maximum Gasteiger partial charge on any atom is 0.323 e. The predicted molar refractivity (Wildman–Crippen MR) is 103 cm³/mol. The number of nitrogens with two attached hydrogens (primary N) is 1. The zero-order chi connectivity index (χ0) is 20.3. The van der Waals surface area contributed by atoms with Gasteiger partial charge in [-0.2, -0.15) is 0 Å². The molecule has 3 N–H and O–H groups in total. The van der Waals surface area contributed by atoms with Crippen LogP contribution in [-0.2, 0) is 14.4 Å². The molecule has 0 saturated carbocycles. The van der Waals surface area contributed by atoms with Crippen LogP contribution < -0.4 is 10.5 Å². The number of carboxylic acids is 1. The molecular weight excluding hydrogens is 360 g/mol. The molecular formula is C21H20N2O5. The number of ether oxygens (including phenoxy) is 1. The molecule has 3 rings (SSSR count). The number of amides is 1. The molecule has 0 bridgehead atoms. The molecule has 1 saturated heterocycles. The van der Waals surface area contributed by atoms with Crippen molar-refractivity contribution in [2.75, 3.05) is 20.2 Å². The Hall–Kier alpha value is -3.45. The summed E-state index contributed by atoms with van der Waals surface area (Å²) in [6.45, 7) is -0.557. The number of carbonyl (C=O) groups is 3. The van der Waals surface area contributed by atoms with Gasteiger partial charge in [0.05, 0.1) is 13.2 Å². The molecule has 0 radical (unpaired) electrons. The van der Waals surface area contributed by atoms with E-state index in [2.05, 4.69) is 0 Å². The quantitative estimate of drug-likeness (QED) is 0.582. The van der Waals surface area contributed by atoms with Gasteiger partial charge < -0.3 is 20.5 Å². The molecule has 0 spiro atoms. The Bertz CT molecular complexity index is 935. The number of hydrogen-bond acceptors (Lipinski definition) is 5. The number of rotatable bonds is 6. The minimum absolute atomic E-state index is 0.0188. The smallest absolute Gasteiger partial charge is 0.323 e. The lowest BCUT2D eigenvalue weighted by atomic mass is 9.90. The molecule has 1 amide bonds. The van der Waals surface area contributed by atoms with Crippen LogP contribution in [0.1, 0.15) is 17.2 Å². The lowest BCUT2D eigenvalue weighted by Crippen LogP contribution is -2.34. The molecule has 144 valence electrons. The molecule has 0 aromatic heterocycles. The summed E-state index contributed by atoms with van der Waals surface area (Å²) >= 11 is 0. The van der Waals surface area contributed by atoms with Gasteiger partial charge in [-0.15, -0.1) is 0 Å². The van der Waals surface area contributed by atoms with Gasteiger partial charge in [-0.1, -0.05) is 42.5 Å². The number of hydrogen-bond donors (Lipinski definition) is 2. The van der Waals surface area contributed by atoms with E-state index >= 15 is 0 Å². The molecule has 2 aromatic rings. The van der Waals surface area contributed by atoms with E-state index < -0.39 is 30.2 Å². The molecule has 1 aliphatic heterocycles. The SMILES string of the molecule is COc1ccc(C(CN)=C2C(=O)C(=O)N(CC(=O)O)C2c2ccccc2)cc1. The fraction of sp³-hybridized carbons (Fsp3) is 0.190. The van der Waals surface area contributed by atoms with E-state index in [1.807, 2.05) is 0 Å². The van der Waals surface area contributed by atoms with Gasteiger partial charge in [0.15, 0.2) is 0 Å². The first kappa shape index (κ1) is 19.3. The van der Waals surface area contributed by atoms with Crippen molar-refractivity contribution >= 4 is 23.2 Å². The lowest BCUT2D eigenvalue weighted by molar-refractivity contribution is -0.146. The van der Waals surface area contributed by atoms with Crippen LogP contribution in [0.2, 0.25) is 0 Å². The minimum Gasteiger partial charge on any atom is -0.497 e. The van der Waals surface area contributed by atoms with Crippen LogP contribution in [0, 0.1) is 0 Å². The van der Waals surface area contributed by atoms with Gasteiger partial charge in [-0.05, 0) is 28.8 Å². The third-order valence-corrected chi connectivity index (χ3v) is 4.67. The molecule has 1 atom stereocenters. The van der Waals surface area contributed by atoms with Crippen molar-refractivity contribution in [3.63, 3.8) is 0 Å². The number of methoxy groups -OCH3 is 1. The van der Waals surface area contributed by atoms with Gasteiger partial charge in [-0.25, -0.2) is 0 Å². The van der Waals surface area contributed by atoms with Crippen molar-refractivity contribution in [3.8, 4) is 5.75 Å². The first-order chi connectivity index (χ1) is 13.5. The van der Waals surface area contributed by atoms with Gasteiger partial charge in [-0.3, -0.25) is 14.4 Å². The highest BCUT2D eigenvalue weighted by atomic mass is 16.5. The Balaban J connectivity index is 2.20. The average molecular weight is 380 g/mol. The number of ketones is 1. The molecule has 7 heteroatoms. The summed E-state index contributed by atoms with van der Waals surface area (Å²) in [7, 11) is 1.55. The summed E-state index contributed by atoms with van der Waals surface area (Å²) in [4.78, 5) is 37.8. The third-order valence-electron chi connectivity index (χ3n) is 4.67. The van der Waals surface area contributed by atoms with E-state index in [0.29, 0.717) is 22.4 Å². The number of aliphatic carboxylic acids is 1. The largest absolute Gasteiger partial charge is 0.497 e. The van der Waals surface area contributed by atoms with Crippen LogP contribution in [0.5, 0.6) is 5.75 Å². The predicted octanol–water partition coefficient (Wildman–Crippen LogP) is 1.64. The number of likely N-dealkylation sites (tertiary alicyclic amines) is 1. The third kappa shape index (κ3) is 3.52. The van der Waals surface area contributed by atoms with Crippen molar-refractivity contribution in [3.05, 3.63) is 71.3 Å². The summed E-state index contributed by atoms with van der Waals surface area (Å²) in [5.74, 6) is -2.12. The topological polar surface area (TPSA) is 110 Å². The van der Waals surface area contributed by atoms with E-state index in [1.54, 1.807) is 61.7 Å². The monoisotopic (exact) mass is 380 g/mol. The van der Waals surface area contributed by atoms with Gasteiger partial charge >= 0.3 is 5.97 Å². The van der Waals surface area contributed by atoms with Crippen LogP contribution >= 0.6 is 0 Å². The fourth-order valence-corrected chi connectivity index (χ4v) is 3.41. The Labute approximate surface area is 162 Å². The van der Waals surface area contributed by atoms with Gasteiger partial charge in [0.1, 0.15) is 12.3 Å². The average Bonchev–Trinajstić information content (AvgIpc) is 2.94. The second kappa shape index (κ2) is 8.06. The van der Waals surface area contributed by atoms with E-state index in [0.717, 1.165) is 4.90 Å². The molecule has 1 fully saturated rings. The molecule has 2 aromatic carbocycles. The molecule has 1 aliphatic rings. The van der Waals surface area contributed by atoms with Crippen molar-refractivity contribution in [2.45, 2.75) is 6.04 Å². The Kier molecular flexibility index (Phi) is 5.56. The van der Waals surface area contributed by atoms with E-state index in [4.69, 9.17) is 10.5 Å². The number of benzene rings is 2. The van der Waals surface area contributed by atoms with Crippen molar-refractivity contribution in [2.24, 2.45) is 5.73 Å². The first-order valence-electron chi connectivity index (χ1n) is 8.67.